The zero-order valence-electron chi connectivity index (χ0n) is 18.3. The topological polar surface area (TPSA) is 99.2 Å². The number of amides is 3. The Hall–Kier alpha value is -2.61. The number of hydrogen-bond donors (Lipinski definition) is 2. The molecule has 2 saturated heterocycles. The van der Waals surface area contributed by atoms with Crippen LogP contribution in [0.25, 0.3) is 0 Å². The summed E-state index contributed by atoms with van der Waals surface area (Å²) < 4.78 is 5.47. The maximum atomic E-state index is 12.8. The van der Waals surface area contributed by atoms with Gasteiger partial charge in [0.1, 0.15) is 5.75 Å². The number of nitrogens with one attached hydrogen (secondary N) is 1. The van der Waals surface area contributed by atoms with Crippen LogP contribution < -0.4 is 10.1 Å². The molecule has 1 aromatic rings. The van der Waals surface area contributed by atoms with Crippen molar-refractivity contribution in [3.8, 4) is 5.75 Å². The first-order chi connectivity index (χ1) is 15.0. The van der Waals surface area contributed by atoms with Gasteiger partial charge in [-0.15, -0.1) is 0 Å². The Bertz CT molecular complexity index is 797. The van der Waals surface area contributed by atoms with Gasteiger partial charge in [0.2, 0.25) is 11.8 Å². The van der Waals surface area contributed by atoms with Crippen LogP contribution in [0.1, 0.15) is 48.0 Å². The van der Waals surface area contributed by atoms with Crippen molar-refractivity contribution in [2.45, 2.75) is 38.5 Å². The molecule has 0 spiro atoms. The van der Waals surface area contributed by atoms with Crippen LogP contribution in [0.4, 0.5) is 0 Å². The highest BCUT2D eigenvalue weighted by atomic mass is 16.5. The normalized spacial score (nSPS) is 19.3. The number of aliphatic hydroxyl groups is 1. The third-order valence-corrected chi connectivity index (χ3v) is 6.08. The lowest BCUT2D eigenvalue weighted by molar-refractivity contribution is -0.139. The fourth-order valence-electron chi connectivity index (χ4n) is 4.36. The van der Waals surface area contributed by atoms with E-state index in [4.69, 9.17) is 9.84 Å². The van der Waals surface area contributed by atoms with Crippen LogP contribution in [-0.4, -0.2) is 79.1 Å². The molecule has 0 aromatic heterocycles. The summed E-state index contributed by atoms with van der Waals surface area (Å²) in [5.41, 5.74) is 1.45. The summed E-state index contributed by atoms with van der Waals surface area (Å²) in [7, 11) is 1.60. The first-order valence-corrected chi connectivity index (χ1v) is 11.1. The highest BCUT2D eigenvalue weighted by Crippen LogP contribution is 2.27. The summed E-state index contributed by atoms with van der Waals surface area (Å²) in [5, 5.41) is 11.6. The molecule has 8 nitrogen and oxygen atoms in total. The van der Waals surface area contributed by atoms with Gasteiger partial charge in [-0.05, 0) is 55.4 Å². The van der Waals surface area contributed by atoms with Crippen LogP contribution in [0, 0.1) is 5.92 Å². The molecule has 170 valence electrons. The summed E-state index contributed by atoms with van der Waals surface area (Å²) in [4.78, 5) is 40.7. The largest absolute Gasteiger partial charge is 0.496 e. The number of nitrogens with zero attached hydrogens (tertiary/aromatic N) is 2. The zero-order chi connectivity index (χ0) is 22.2. The number of benzene rings is 1. The van der Waals surface area contributed by atoms with Crippen molar-refractivity contribution in [1.82, 2.24) is 15.1 Å². The Balaban J connectivity index is 1.59. The Morgan fingerprint density at radius 3 is 2.84 bits per heavy atom. The molecule has 1 atom stereocenters. The SMILES string of the molecule is COc1ccc(C(=O)NCCO)cc1CC1CCN(C(=O)CN2CCCCCC2=O)C1. The smallest absolute Gasteiger partial charge is 0.251 e. The van der Waals surface area contributed by atoms with E-state index in [1.165, 1.54) is 0 Å². The second-order valence-electron chi connectivity index (χ2n) is 8.33. The molecule has 0 saturated carbocycles. The van der Waals surface area contributed by atoms with E-state index < -0.39 is 0 Å². The molecule has 3 rings (SSSR count). The number of methoxy groups -OCH3 is 1. The van der Waals surface area contributed by atoms with Crippen molar-refractivity contribution in [3.05, 3.63) is 29.3 Å². The average Bonchev–Trinajstić information content (AvgIpc) is 3.15. The molecule has 2 heterocycles. The van der Waals surface area contributed by atoms with E-state index >= 15 is 0 Å². The van der Waals surface area contributed by atoms with E-state index in [2.05, 4.69) is 5.32 Å². The average molecular weight is 432 g/mol. The highest BCUT2D eigenvalue weighted by Gasteiger charge is 2.29. The molecule has 1 unspecified atom stereocenters. The number of carbonyl (C=O) groups excluding carboxylic acids is 3. The van der Waals surface area contributed by atoms with E-state index in [9.17, 15) is 14.4 Å². The van der Waals surface area contributed by atoms with Gasteiger partial charge in [-0.2, -0.15) is 0 Å². The molecule has 1 aromatic carbocycles. The summed E-state index contributed by atoms with van der Waals surface area (Å²) in [5.74, 6) is 0.861. The van der Waals surface area contributed by atoms with Crippen LogP contribution in [0.5, 0.6) is 5.75 Å². The van der Waals surface area contributed by atoms with E-state index in [0.717, 1.165) is 37.0 Å². The van der Waals surface area contributed by atoms with Crippen molar-refractivity contribution in [1.29, 1.82) is 0 Å². The summed E-state index contributed by atoms with van der Waals surface area (Å²) in [6.45, 7) is 2.28. The van der Waals surface area contributed by atoms with Crippen LogP contribution in [-0.2, 0) is 16.0 Å². The van der Waals surface area contributed by atoms with Gasteiger partial charge < -0.3 is 25.0 Å². The molecule has 31 heavy (non-hydrogen) atoms. The second kappa shape index (κ2) is 11.1. The van der Waals surface area contributed by atoms with E-state index in [1.54, 1.807) is 24.1 Å². The van der Waals surface area contributed by atoms with Crippen LogP contribution in [0.3, 0.4) is 0 Å². The second-order valence-corrected chi connectivity index (χ2v) is 8.33. The Morgan fingerprint density at radius 2 is 2.06 bits per heavy atom. The lowest BCUT2D eigenvalue weighted by Gasteiger charge is -2.24. The van der Waals surface area contributed by atoms with Crippen LogP contribution in [0.2, 0.25) is 0 Å². The van der Waals surface area contributed by atoms with Gasteiger partial charge in [-0.25, -0.2) is 0 Å². The minimum Gasteiger partial charge on any atom is -0.496 e. The molecule has 8 heteroatoms. The predicted molar refractivity (Wildman–Crippen MR) is 116 cm³/mol. The van der Waals surface area contributed by atoms with Gasteiger partial charge in [-0.3, -0.25) is 14.4 Å². The lowest BCUT2D eigenvalue weighted by atomic mass is 9.96. The van der Waals surface area contributed by atoms with Gasteiger partial charge in [-0.1, -0.05) is 6.42 Å². The van der Waals surface area contributed by atoms with E-state index in [1.807, 2.05) is 11.0 Å². The maximum Gasteiger partial charge on any atom is 0.251 e. The Morgan fingerprint density at radius 1 is 1.23 bits per heavy atom. The maximum absolute atomic E-state index is 12.8. The number of carbonyl (C=O) groups is 3. The molecular weight excluding hydrogens is 398 g/mol. The summed E-state index contributed by atoms with van der Waals surface area (Å²) >= 11 is 0. The number of likely N-dealkylation sites (tertiary alicyclic amines) is 2. The molecule has 3 amide bonds. The molecule has 2 aliphatic heterocycles. The number of ether oxygens (including phenoxy) is 1. The van der Waals surface area contributed by atoms with Crippen molar-refractivity contribution in [2.24, 2.45) is 5.92 Å². The monoisotopic (exact) mass is 431 g/mol. The van der Waals surface area contributed by atoms with Crippen LogP contribution in [0.15, 0.2) is 18.2 Å². The van der Waals surface area contributed by atoms with Gasteiger partial charge in [0.25, 0.3) is 5.91 Å². The number of hydrogen-bond acceptors (Lipinski definition) is 5. The molecule has 0 bridgehead atoms. The zero-order valence-corrected chi connectivity index (χ0v) is 18.3. The molecule has 2 aliphatic rings. The molecule has 2 fully saturated rings. The fourth-order valence-corrected chi connectivity index (χ4v) is 4.36. The fraction of sp³-hybridized carbons (Fsp3) is 0.609. The lowest BCUT2D eigenvalue weighted by Crippen LogP contribution is -2.42. The molecular formula is C23H33N3O5. The van der Waals surface area contributed by atoms with Crippen molar-refractivity contribution < 1.29 is 24.2 Å². The standard InChI is InChI=1S/C23H33N3O5/c1-31-20-7-6-18(23(30)24-9-12-27)14-19(20)13-17-8-11-26(15-17)22(29)16-25-10-4-2-3-5-21(25)28/h6-7,14,17,27H,2-5,8-13,15-16H2,1H3,(H,24,30). The number of aliphatic hydroxyl groups excluding tert-OH is 1. The molecule has 0 aliphatic carbocycles. The van der Waals surface area contributed by atoms with Gasteiger partial charge in [0.05, 0.1) is 20.3 Å². The quantitative estimate of drug-likeness (QED) is 0.645. The highest BCUT2D eigenvalue weighted by molar-refractivity contribution is 5.94. The van der Waals surface area contributed by atoms with Crippen LogP contribution >= 0.6 is 0 Å². The Kier molecular flexibility index (Phi) is 8.28. The molecule has 2 N–H and O–H groups in total. The van der Waals surface area contributed by atoms with Gasteiger partial charge in [0.15, 0.2) is 0 Å². The number of rotatable bonds is 8. The van der Waals surface area contributed by atoms with Gasteiger partial charge >= 0.3 is 0 Å². The first-order valence-electron chi connectivity index (χ1n) is 11.1. The third-order valence-electron chi connectivity index (χ3n) is 6.08. The molecule has 0 radical (unpaired) electrons. The van der Waals surface area contributed by atoms with E-state index in [-0.39, 0.29) is 43.3 Å². The minimum absolute atomic E-state index is 0.0156. The van der Waals surface area contributed by atoms with E-state index in [0.29, 0.717) is 38.0 Å². The van der Waals surface area contributed by atoms with Gasteiger partial charge in [0, 0.05) is 38.2 Å². The van der Waals surface area contributed by atoms with Crippen molar-refractivity contribution >= 4 is 17.7 Å². The minimum atomic E-state index is -0.233. The van der Waals surface area contributed by atoms with Crippen molar-refractivity contribution in [2.75, 3.05) is 46.4 Å². The first kappa shape index (κ1) is 23.1. The summed E-state index contributed by atoms with van der Waals surface area (Å²) in [6, 6.07) is 5.32. The predicted octanol–water partition coefficient (Wildman–Crippen LogP) is 1.21. The van der Waals surface area contributed by atoms with Crippen molar-refractivity contribution in [3.63, 3.8) is 0 Å². The third kappa shape index (κ3) is 6.19. The summed E-state index contributed by atoms with van der Waals surface area (Å²) in [6.07, 6.45) is 5.04. The Labute approximate surface area is 183 Å².